The quantitative estimate of drug-likeness (QED) is 0.213. The van der Waals surface area contributed by atoms with E-state index in [1.165, 1.54) is 31.1 Å². The highest BCUT2D eigenvalue weighted by molar-refractivity contribution is 7.21. The average molecular weight is 471 g/mol. The number of benzene rings is 2. The molecule has 1 fully saturated rings. The van der Waals surface area contributed by atoms with Gasteiger partial charge in [0.1, 0.15) is 4.88 Å². The second-order valence-corrected chi connectivity index (χ2v) is 9.04. The third-order valence-electron chi connectivity index (χ3n) is 5.47. The Labute approximate surface area is 195 Å². The summed E-state index contributed by atoms with van der Waals surface area (Å²) < 4.78 is 11.9. The highest BCUT2D eigenvalue weighted by Crippen LogP contribution is 2.37. The van der Waals surface area contributed by atoms with Gasteiger partial charge in [-0.3, -0.25) is 4.79 Å². The zero-order chi connectivity index (χ0) is 22.5. The van der Waals surface area contributed by atoms with Gasteiger partial charge < -0.3 is 9.47 Å². The molecule has 0 spiro atoms. The Balaban J connectivity index is 1.44. The van der Waals surface area contributed by atoms with E-state index in [2.05, 4.69) is 10.5 Å². The number of carbonyl (C=O) groups excluding carboxylic acids is 2. The van der Waals surface area contributed by atoms with Crippen LogP contribution in [0.15, 0.2) is 47.6 Å². The molecule has 0 atom stereocenters. The van der Waals surface area contributed by atoms with E-state index in [1.54, 1.807) is 18.2 Å². The van der Waals surface area contributed by atoms with Gasteiger partial charge in [0.2, 0.25) is 5.91 Å². The van der Waals surface area contributed by atoms with Crippen LogP contribution in [0.1, 0.15) is 47.3 Å². The molecule has 1 aliphatic rings. The standard InChI is InChI=1S/C24H23ClN2O4S/c1-30-19-13-15(14-26-27-23(28)16-7-3-2-4-8-16)11-12-18(19)31-24(29)22-21(25)17-9-5-6-10-20(17)32-22/h5-6,9-14,16H,2-4,7-8H2,1H3,(H,27,28)/b26-14+. The predicted molar refractivity (Wildman–Crippen MR) is 127 cm³/mol. The summed E-state index contributed by atoms with van der Waals surface area (Å²) in [6.45, 7) is 0. The van der Waals surface area contributed by atoms with Crippen molar-refractivity contribution in [2.24, 2.45) is 11.0 Å². The number of amides is 1. The molecule has 0 aliphatic heterocycles. The van der Waals surface area contributed by atoms with Crippen LogP contribution in [0.5, 0.6) is 11.5 Å². The Morgan fingerprint density at radius 2 is 1.91 bits per heavy atom. The first kappa shape index (κ1) is 22.3. The molecule has 8 heteroatoms. The molecule has 1 amide bonds. The molecule has 166 valence electrons. The minimum Gasteiger partial charge on any atom is -0.493 e. The van der Waals surface area contributed by atoms with Gasteiger partial charge in [-0.2, -0.15) is 5.10 Å². The van der Waals surface area contributed by atoms with Gasteiger partial charge in [0.25, 0.3) is 0 Å². The molecule has 1 saturated carbocycles. The summed E-state index contributed by atoms with van der Waals surface area (Å²) in [5.74, 6) is 0.0971. The van der Waals surface area contributed by atoms with Crippen molar-refractivity contribution in [3.8, 4) is 11.5 Å². The molecule has 0 radical (unpaired) electrons. The van der Waals surface area contributed by atoms with Crippen LogP contribution < -0.4 is 14.9 Å². The summed E-state index contributed by atoms with van der Waals surface area (Å²) in [6, 6.07) is 12.6. The topological polar surface area (TPSA) is 77.0 Å². The number of hydrogen-bond acceptors (Lipinski definition) is 6. The van der Waals surface area contributed by atoms with Crippen molar-refractivity contribution < 1.29 is 19.1 Å². The fourth-order valence-electron chi connectivity index (χ4n) is 3.77. The van der Waals surface area contributed by atoms with Crippen molar-refractivity contribution in [3.05, 3.63) is 57.9 Å². The predicted octanol–water partition coefficient (Wildman–Crippen LogP) is 5.81. The Hall–Kier alpha value is -2.90. The van der Waals surface area contributed by atoms with Crippen molar-refractivity contribution >= 4 is 51.1 Å². The fourth-order valence-corrected chi connectivity index (χ4v) is 5.15. The lowest BCUT2D eigenvalue weighted by molar-refractivity contribution is -0.125. The maximum Gasteiger partial charge on any atom is 0.355 e. The summed E-state index contributed by atoms with van der Waals surface area (Å²) >= 11 is 7.67. The summed E-state index contributed by atoms with van der Waals surface area (Å²) in [5, 5.41) is 5.26. The van der Waals surface area contributed by atoms with Gasteiger partial charge in [-0.1, -0.05) is 49.1 Å². The monoisotopic (exact) mass is 470 g/mol. The second-order valence-electron chi connectivity index (χ2n) is 7.61. The number of hydrogen-bond donors (Lipinski definition) is 1. The Morgan fingerprint density at radius 3 is 2.66 bits per heavy atom. The van der Waals surface area contributed by atoms with E-state index in [9.17, 15) is 9.59 Å². The van der Waals surface area contributed by atoms with Gasteiger partial charge in [-0.25, -0.2) is 10.2 Å². The molecule has 2 aromatic carbocycles. The minimum absolute atomic E-state index is 0.0398. The van der Waals surface area contributed by atoms with Crippen LogP contribution in [0.4, 0.5) is 0 Å². The van der Waals surface area contributed by atoms with E-state index in [4.69, 9.17) is 21.1 Å². The van der Waals surface area contributed by atoms with Crippen molar-refractivity contribution in [1.29, 1.82) is 0 Å². The van der Waals surface area contributed by atoms with Crippen molar-refractivity contribution in [2.75, 3.05) is 7.11 Å². The normalized spacial score (nSPS) is 14.6. The Morgan fingerprint density at radius 1 is 1.12 bits per heavy atom. The number of nitrogens with one attached hydrogen (secondary N) is 1. The zero-order valence-corrected chi connectivity index (χ0v) is 19.2. The molecular weight excluding hydrogens is 448 g/mol. The average Bonchev–Trinajstić information content (AvgIpc) is 3.17. The van der Waals surface area contributed by atoms with Gasteiger partial charge in [-0.05, 0) is 42.7 Å². The van der Waals surface area contributed by atoms with E-state index in [0.29, 0.717) is 21.2 Å². The fraction of sp³-hybridized carbons (Fsp3) is 0.292. The maximum absolute atomic E-state index is 12.7. The number of carbonyl (C=O) groups is 2. The van der Waals surface area contributed by atoms with Gasteiger partial charge in [0.05, 0.1) is 18.3 Å². The number of ether oxygens (including phenoxy) is 2. The number of halogens is 1. The zero-order valence-electron chi connectivity index (χ0n) is 17.6. The van der Waals surface area contributed by atoms with Crippen LogP contribution in [0.25, 0.3) is 10.1 Å². The lowest BCUT2D eigenvalue weighted by atomic mass is 9.89. The highest BCUT2D eigenvalue weighted by Gasteiger charge is 2.21. The highest BCUT2D eigenvalue weighted by atomic mass is 35.5. The number of nitrogens with zero attached hydrogens (tertiary/aromatic N) is 1. The van der Waals surface area contributed by atoms with Crippen LogP contribution >= 0.6 is 22.9 Å². The molecule has 1 aromatic heterocycles. The summed E-state index contributed by atoms with van der Waals surface area (Å²) in [6.07, 6.45) is 6.74. The Bertz CT molecular complexity index is 1170. The van der Waals surface area contributed by atoms with Crippen LogP contribution in [0, 0.1) is 5.92 Å². The molecule has 1 N–H and O–H groups in total. The van der Waals surface area contributed by atoms with E-state index in [1.807, 2.05) is 24.3 Å². The van der Waals surface area contributed by atoms with Crippen LogP contribution in [-0.2, 0) is 4.79 Å². The van der Waals surface area contributed by atoms with Crippen LogP contribution in [-0.4, -0.2) is 25.2 Å². The molecule has 1 heterocycles. The molecule has 6 nitrogen and oxygen atoms in total. The third kappa shape index (κ3) is 4.95. The number of rotatable bonds is 6. The largest absolute Gasteiger partial charge is 0.493 e. The lowest BCUT2D eigenvalue weighted by Gasteiger charge is -2.19. The van der Waals surface area contributed by atoms with Crippen LogP contribution in [0.2, 0.25) is 5.02 Å². The maximum atomic E-state index is 12.7. The smallest absolute Gasteiger partial charge is 0.355 e. The number of thiophene rings is 1. The van der Waals surface area contributed by atoms with Gasteiger partial charge in [0, 0.05) is 16.0 Å². The van der Waals surface area contributed by atoms with E-state index in [-0.39, 0.29) is 17.6 Å². The Kier molecular flexibility index (Phi) is 7.07. The van der Waals surface area contributed by atoms with Crippen molar-refractivity contribution in [3.63, 3.8) is 0 Å². The first-order valence-corrected chi connectivity index (χ1v) is 11.7. The minimum atomic E-state index is -0.546. The lowest BCUT2D eigenvalue weighted by Crippen LogP contribution is -2.28. The van der Waals surface area contributed by atoms with Gasteiger partial charge in [0.15, 0.2) is 11.5 Å². The van der Waals surface area contributed by atoms with E-state index in [0.717, 1.165) is 35.8 Å². The molecule has 0 saturated heterocycles. The SMILES string of the molecule is COc1cc(/C=N/NC(=O)C2CCCCC2)ccc1OC(=O)c1sc2ccccc2c1Cl. The molecule has 4 rings (SSSR count). The summed E-state index contributed by atoms with van der Waals surface area (Å²) in [4.78, 5) is 25.3. The first-order valence-electron chi connectivity index (χ1n) is 10.5. The molecular formula is C24H23ClN2O4S. The van der Waals surface area contributed by atoms with Crippen LogP contribution in [0.3, 0.4) is 0 Å². The molecule has 32 heavy (non-hydrogen) atoms. The number of esters is 1. The van der Waals surface area contributed by atoms with E-state index >= 15 is 0 Å². The van der Waals surface area contributed by atoms with Gasteiger partial charge in [-0.15, -0.1) is 11.3 Å². The first-order chi connectivity index (χ1) is 15.6. The summed E-state index contributed by atoms with van der Waals surface area (Å²) in [5.41, 5.74) is 3.32. The molecule has 3 aromatic rings. The molecule has 0 bridgehead atoms. The van der Waals surface area contributed by atoms with Crippen molar-refractivity contribution in [2.45, 2.75) is 32.1 Å². The summed E-state index contributed by atoms with van der Waals surface area (Å²) in [7, 11) is 1.49. The third-order valence-corrected chi connectivity index (χ3v) is 7.13. The van der Waals surface area contributed by atoms with Crippen molar-refractivity contribution in [1.82, 2.24) is 5.43 Å². The molecule has 1 aliphatic carbocycles. The number of fused-ring (bicyclic) bond motifs is 1. The second kappa shape index (κ2) is 10.1. The number of methoxy groups -OCH3 is 1. The molecule has 0 unspecified atom stereocenters. The van der Waals surface area contributed by atoms with Gasteiger partial charge >= 0.3 is 5.97 Å². The number of hydrazone groups is 1. The van der Waals surface area contributed by atoms with E-state index < -0.39 is 5.97 Å².